The lowest BCUT2D eigenvalue weighted by Gasteiger charge is -2.02. The van der Waals surface area contributed by atoms with Gasteiger partial charge in [0, 0.05) is 0 Å². The summed E-state index contributed by atoms with van der Waals surface area (Å²) in [4.78, 5) is 13.2. The number of aromatic nitrogens is 1. The molecule has 0 spiro atoms. The lowest BCUT2D eigenvalue weighted by molar-refractivity contribution is 0.0946. The monoisotopic (exact) mass is 302 g/mol. The fourth-order valence-corrected chi connectivity index (χ4v) is 2.77. The topological polar surface area (TPSA) is 68.3 Å². The number of nitrogens with zero attached hydrogens (tertiary/aromatic N) is 1. The number of rotatable bonds is 4. The number of carbonyl (C=O) groups is 1. The van der Waals surface area contributed by atoms with Crippen LogP contribution in [0.3, 0.4) is 0 Å². The minimum atomic E-state index is -0.208. The van der Waals surface area contributed by atoms with Gasteiger partial charge in [-0.05, 0) is 37.4 Å². The Morgan fingerprint density at radius 2 is 2.19 bits per heavy atom. The van der Waals surface area contributed by atoms with Gasteiger partial charge in [-0.25, -0.2) is 0 Å². The molecule has 0 saturated carbocycles. The summed E-state index contributed by atoms with van der Waals surface area (Å²) in [5.74, 6) is 1.83. The standard InChI is InChI=1S/C15H14N2O3S/c1-9-14(10(2)20-17-9)15(18)16-8-11-5-6-12(19-11)13-4-3-7-21-13/h3-7H,8H2,1-2H3,(H,16,18). The Bertz CT molecular complexity index is 736. The van der Waals surface area contributed by atoms with Crippen molar-refractivity contribution in [2.75, 3.05) is 0 Å². The van der Waals surface area contributed by atoms with E-state index in [0.717, 1.165) is 10.6 Å². The molecule has 3 rings (SSSR count). The summed E-state index contributed by atoms with van der Waals surface area (Å²) in [5, 5.41) is 8.58. The van der Waals surface area contributed by atoms with Crippen LogP contribution in [0.4, 0.5) is 0 Å². The Kier molecular flexibility index (Phi) is 3.62. The molecule has 1 N–H and O–H groups in total. The van der Waals surface area contributed by atoms with Crippen molar-refractivity contribution in [1.29, 1.82) is 0 Å². The lowest BCUT2D eigenvalue weighted by atomic mass is 10.2. The van der Waals surface area contributed by atoms with E-state index in [0.29, 0.717) is 29.3 Å². The molecule has 0 fully saturated rings. The highest BCUT2D eigenvalue weighted by Crippen LogP contribution is 2.26. The molecule has 0 saturated heterocycles. The molecule has 6 heteroatoms. The third kappa shape index (κ3) is 2.75. The molecule has 3 aromatic heterocycles. The van der Waals surface area contributed by atoms with E-state index in [2.05, 4.69) is 10.5 Å². The van der Waals surface area contributed by atoms with Gasteiger partial charge in [-0.2, -0.15) is 0 Å². The molecule has 3 heterocycles. The van der Waals surface area contributed by atoms with Gasteiger partial charge in [-0.15, -0.1) is 11.3 Å². The normalized spacial score (nSPS) is 10.8. The van der Waals surface area contributed by atoms with E-state index in [1.54, 1.807) is 25.2 Å². The van der Waals surface area contributed by atoms with Gasteiger partial charge in [0.15, 0.2) is 0 Å². The molecule has 0 aliphatic heterocycles. The molecule has 0 unspecified atom stereocenters. The van der Waals surface area contributed by atoms with Crippen LogP contribution in [0.25, 0.3) is 10.6 Å². The van der Waals surface area contributed by atoms with Gasteiger partial charge in [0.25, 0.3) is 5.91 Å². The Morgan fingerprint density at radius 3 is 2.86 bits per heavy atom. The highest BCUT2D eigenvalue weighted by molar-refractivity contribution is 7.13. The van der Waals surface area contributed by atoms with E-state index in [9.17, 15) is 4.79 Å². The number of hydrogen-bond acceptors (Lipinski definition) is 5. The molecule has 0 radical (unpaired) electrons. The van der Waals surface area contributed by atoms with Crippen molar-refractivity contribution in [3.63, 3.8) is 0 Å². The van der Waals surface area contributed by atoms with E-state index >= 15 is 0 Å². The first-order chi connectivity index (χ1) is 10.1. The predicted octanol–water partition coefficient (Wildman–Crippen LogP) is 3.54. The summed E-state index contributed by atoms with van der Waals surface area (Å²) >= 11 is 1.61. The molecule has 0 aliphatic rings. The van der Waals surface area contributed by atoms with Crippen LogP contribution in [0.15, 0.2) is 38.6 Å². The molecular weight excluding hydrogens is 288 g/mol. The zero-order valence-corrected chi connectivity index (χ0v) is 12.5. The van der Waals surface area contributed by atoms with Crippen molar-refractivity contribution in [2.45, 2.75) is 20.4 Å². The second kappa shape index (κ2) is 5.57. The number of furan rings is 1. The predicted molar refractivity (Wildman–Crippen MR) is 79.2 cm³/mol. The van der Waals surface area contributed by atoms with Gasteiger partial charge in [0.2, 0.25) is 0 Å². The zero-order valence-electron chi connectivity index (χ0n) is 11.7. The van der Waals surface area contributed by atoms with Gasteiger partial charge in [0.1, 0.15) is 22.8 Å². The number of amides is 1. The Hall–Kier alpha value is -2.34. The quantitative estimate of drug-likeness (QED) is 0.800. The summed E-state index contributed by atoms with van der Waals surface area (Å²) in [7, 11) is 0. The van der Waals surface area contributed by atoms with Crippen LogP contribution < -0.4 is 5.32 Å². The maximum Gasteiger partial charge on any atom is 0.257 e. The van der Waals surface area contributed by atoms with Crippen molar-refractivity contribution >= 4 is 17.2 Å². The van der Waals surface area contributed by atoms with Gasteiger partial charge in [-0.1, -0.05) is 11.2 Å². The van der Waals surface area contributed by atoms with Crippen molar-refractivity contribution in [3.05, 3.63) is 52.4 Å². The molecule has 0 aliphatic carbocycles. The maximum atomic E-state index is 12.1. The van der Waals surface area contributed by atoms with Crippen LogP contribution in [0, 0.1) is 13.8 Å². The van der Waals surface area contributed by atoms with Crippen molar-refractivity contribution in [1.82, 2.24) is 10.5 Å². The van der Waals surface area contributed by atoms with Crippen molar-refractivity contribution in [2.24, 2.45) is 0 Å². The number of hydrogen-bond donors (Lipinski definition) is 1. The smallest absolute Gasteiger partial charge is 0.257 e. The Balaban J connectivity index is 1.67. The van der Waals surface area contributed by atoms with Crippen LogP contribution in [0.5, 0.6) is 0 Å². The summed E-state index contributed by atoms with van der Waals surface area (Å²) < 4.78 is 10.7. The van der Waals surface area contributed by atoms with Crippen LogP contribution in [0.1, 0.15) is 27.6 Å². The fraction of sp³-hybridized carbons (Fsp3) is 0.200. The molecule has 108 valence electrons. The van der Waals surface area contributed by atoms with Crippen LogP contribution in [-0.2, 0) is 6.54 Å². The molecule has 3 aromatic rings. The zero-order chi connectivity index (χ0) is 14.8. The van der Waals surface area contributed by atoms with Crippen LogP contribution in [-0.4, -0.2) is 11.1 Å². The highest BCUT2D eigenvalue weighted by atomic mass is 32.1. The van der Waals surface area contributed by atoms with E-state index in [-0.39, 0.29) is 5.91 Å². The van der Waals surface area contributed by atoms with Gasteiger partial charge in [-0.3, -0.25) is 4.79 Å². The largest absolute Gasteiger partial charge is 0.458 e. The minimum absolute atomic E-state index is 0.208. The second-order valence-corrected chi connectivity index (χ2v) is 5.57. The van der Waals surface area contributed by atoms with Crippen molar-refractivity contribution in [3.8, 4) is 10.6 Å². The number of nitrogens with one attached hydrogen (secondary N) is 1. The Labute approximate surface area is 125 Å². The number of thiophene rings is 1. The minimum Gasteiger partial charge on any atom is -0.458 e. The lowest BCUT2D eigenvalue weighted by Crippen LogP contribution is -2.23. The molecule has 0 aromatic carbocycles. The molecule has 21 heavy (non-hydrogen) atoms. The average Bonchev–Trinajstić information content (AvgIpc) is 3.17. The first-order valence-corrected chi connectivity index (χ1v) is 7.37. The first-order valence-electron chi connectivity index (χ1n) is 6.49. The fourth-order valence-electron chi connectivity index (χ4n) is 2.09. The SMILES string of the molecule is Cc1noc(C)c1C(=O)NCc1ccc(-c2cccs2)o1. The maximum absolute atomic E-state index is 12.1. The number of aryl methyl sites for hydroxylation is 2. The molecule has 1 amide bonds. The van der Waals surface area contributed by atoms with Gasteiger partial charge < -0.3 is 14.3 Å². The summed E-state index contributed by atoms with van der Waals surface area (Å²) in [5.41, 5.74) is 1.07. The van der Waals surface area contributed by atoms with E-state index in [1.807, 2.05) is 29.6 Å². The number of carbonyl (C=O) groups excluding carboxylic acids is 1. The third-order valence-electron chi connectivity index (χ3n) is 3.11. The van der Waals surface area contributed by atoms with Crippen LogP contribution >= 0.6 is 11.3 Å². The Morgan fingerprint density at radius 1 is 1.33 bits per heavy atom. The molecule has 5 nitrogen and oxygen atoms in total. The highest BCUT2D eigenvalue weighted by Gasteiger charge is 2.17. The summed E-state index contributed by atoms with van der Waals surface area (Å²) in [6, 6.07) is 7.74. The van der Waals surface area contributed by atoms with Gasteiger partial charge in [0.05, 0.1) is 17.1 Å². The molecule has 0 atom stereocenters. The average molecular weight is 302 g/mol. The molecular formula is C15H14N2O3S. The summed E-state index contributed by atoms with van der Waals surface area (Å²) in [6.45, 7) is 3.79. The summed E-state index contributed by atoms with van der Waals surface area (Å²) in [6.07, 6.45) is 0. The van der Waals surface area contributed by atoms with E-state index < -0.39 is 0 Å². The van der Waals surface area contributed by atoms with Gasteiger partial charge >= 0.3 is 0 Å². The first kappa shape index (κ1) is 13.6. The van der Waals surface area contributed by atoms with E-state index in [4.69, 9.17) is 8.94 Å². The van der Waals surface area contributed by atoms with E-state index in [1.165, 1.54) is 0 Å². The third-order valence-corrected chi connectivity index (χ3v) is 3.99. The van der Waals surface area contributed by atoms with Crippen LogP contribution in [0.2, 0.25) is 0 Å². The molecule has 0 bridgehead atoms. The second-order valence-electron chi connectivity index (χ2n) is 4.63. The van der Waals surface area contributed by atoms with Crippen molar-refractivity contribution < 1.29 is 13.7 Å².